The van der Waals surface area contributed by atoms with E-state index in [-0.39, 0.29) is 5.91 Å². The normalized spacial score (nSPS) is 15.2. The molecular formula is C27H34BrN5O2. The number of methoxy groups -OCH3 is 1. The number of aromatic nitrogens is 4. The van der Waals surface area contributed by atoms with Crippen LogP contribution in [0.5, 0.6) is 5.75 Å². The third-order valence-electron chi connectivity index (χ3n) is 6.75. The van der Waals surface area contributed by atoms with E-state index in [1.807, 2.05) is 50.0 Å². The molecule has 1 amide bonds. The van der Waals surface area contributed by atoms with Crippen molar-refractivity contribution in [1.82, 2.24) is 25.1 Å². The van der Waals surface area contributed by atoms with Gasteiger partial charge >= 0.3 is 0 Å². The summed E-state index contributed by atoms with van der Waals surface area (Å²) >= 11 is 3.36. The van der Waals surface area contributed by atoms with Gasteiger partial charge in [-0.2, -0.15) is 5.10 Å². The standard InChI is InChI=1S/C19H25N5O.C8H9BrO/c1-12-20-11-13-7-6-10-15-17(23-24(2)18(15)16(13)21-12)19(25)22-14-8-4-3-5-9-14;1-6-3-4-7(9)5-8(6)10-2/h11,14H,3-10H2,1-2H3,(H,22,25);3-5H,1-2H3. The van der Waals surface area contributed by atoms with Gasteiger partial charge in [-0.3, -0.25) is 9.48 Å². The molecule has 3 aromatic rings. The van der Waals surface area contributed by atoms with Crippen molar-refractivity contribution in [3.63, 3.8) is 0 Å². The zero-order valence-electron chi connectivity index (χ0n) is 21.0. The molecule has 0 spiro atoms. The number of amides is 1. The summed E-state index contributed by atoms with van der Waals surface area (Å²) in [6.45, 7) is 3.92. The third kappa shape index (κ3) is 5.92. The van der Waals surface area contributed by atoms with Gasteiger partial charge in [0.25, 0.3) is 5.91 Å². The second-order valence-electron chi connectivity index (χ2n) is 9.37. The molecule has 2 aromatic heterocycles. The fourth-order valence-electron chi connectivity index (χ4n) is 4.92. The largest absolute Gasteiger partial charge is 0.496 e. The highest BCUT2D eigenvalue weighted by Crippen LogP contribution is 2.32. The van der Waals surface area contributed by atoms with Crippen LogP contribution in [0.4, 0.5) is 0 Å². The lowest BCUT2D eigenvalue weighted by Gasteiger charge is -2.22. The number of ether oxygens (including phenoxy) is 1. The van der Waals surface area contributed by atoms with Gasteiger partial charge in [0.05, 0.1) is 18.5 Å². The Morgan fingerprint density at radius 3 is 2.63 bits per heavy atom. The molecule has 7 nitrogen and oxygen atoms in total. The van der Waals surface area contributed by atoms with Gasteiger partial charge in [-0.25, -0.2) is 9.97 Å². The molecule has 0 radical (unpaired) electrons. The van der Waals surface area contributed by atoms with Crippen LogP contribution in [0, 0.1) is 13.8 Å². The van der Waals surface area contributed by atoms with Gasteiger partial charge < -0.3 is 10.1 Å². The lowest BCUT2D eigenvalue weighted by Crippen LogP contribution is -2.36. The van der Waals surface area contributed by atoms with E-state index in [9.17, 15) is 4.79 Å². The maximum Gasteiger partial charge on any atom is 0.272 e. The SMILES string of the molecule is COc1cc(Br)ccc1C.Cc1ncc2c(n1)-c1c(c(C(=O)NC3CCCCC3)nn1C)CCC2. The highest BCUT2D eigenvalue weighted by atomic mass is 79.9. The Bertz CT molecular complexity index is 1200. The summed E-state index contributed by atoms with van der Waals surface area (Å²) in [6.07, 6.45) is 10.5. The van der Waals surface area contributed by atoms with Gasteiger partial charge in [-0.1, -0.05) is 41.3 Å². The second-order valence-corrected chi connectivity index (χ2v) is 10.3. The first-order valence-corrected chi connectivity index (χ1v) is 13.2. The Kier molecular flexibility index (Phi) is 8.21. The Balaban J connectivity index is 0.000000243. The van der Waals surface area contributed by atoms with Crippen LogP contribution in [-0.4, -0.2) is 38.8 Å². The number of rotatable bonds is 3. The molecule has 5 rings (SSSR count). The van der Waals surface area contributed by atoms with Gasteiger partial charge in [0, 0.05) is 29.3 Å². The predicted octanol–water partition coefficient (Wildman–Crippen LogP) is 5.50. The first-order valence-electron chi connectivity index (χ1n) is 12.4. The monoisotopic (exact) mass is 539 g/mol. The Morgan fingerprint density at radius 1 is 1.14 bits per heavy atom. The maximum absolute atomic E-state index is 12.9. The smallest absolute Gasteiger partial charge is 0.272 e. The fourth-order valence-corrected chi connectivity index (χ4v) is 5.26. The van der Waals surface area contributed by atoms with Crippen LogP contribution >= 0.6 is 15.9 Å². The molecule has 2 aliphatic rings. The molecule has 0 aliphatic heterocycles. The van der Waals surface area contributed by atoms with E-state index in [1.165, 1.54) is 19.3 Å². The zero-order chi connectivity index (χ0) is 24.9. The summed E-state index contributed by atoms with van der Waals surface area (Å²) in [6, 6.07) is 6.26. The average Bonchev–Trinajstić information content (AvgIpc) is 3.06. The van der Waals surface area contributed by atoms with Gasteiger partial charge in [0.15, 0.2) is 5.69 Å². The summed E-state index contributed by atoms with van der Waals surface area (Å²) in [7, 11) is 3.58. The minimum atomic E-state index is -0.0296. The minimum Gasteiger partial charge on any atom is -0.496 e. The highest BCUT2D eigenvalue weighted by Gasteiger charge is 2.28. The van der Waals surface area contributed by atoms with Crippen molar-refractivity contribution in [3.05, 3.63) is 57.1 Å². The predicted molar refractivity (Wildman–Crippen MR) is 141 cm³/mol. The molecular weight excluding hydrogens is 506 g/mol. The maximum atomic E-state index is 12.9. The number of hydrogen-bond donors (Lipinski definition) is 1. The van der Waals surface area contributed by atoms with E-state index in [0.29, 0.717) is 11.7 Å². The number of benzene rings is 1. The number of nitrogens with zero attached hydrogens (tertiary/aromatic N) is 4. The average molecular weight is 541 g/mol. The van der Waals surface area contributed by atoms with Crippen LogP contribution in [0.1, 0.15) is 71.5 Å². The van der Waals surface area contributed by atoms with E-state index >= 15 is 0 Å². The molecule has 0 saturated heterocycles. The number of hydrogen-bond acceptors (Lipinski definition) is 5. The van der Waals surface area contributed by atoms with Crippen molar-refractivity contribution in [3.8, 4) is 17.1 Å². The molecule has 0 bridgehead atoms. The fraction of sp³-hybridized carbons (Fsp3) is 0.481. The molecule has 1 saturated carbocycles. The number of nitrogens with one attached hydrogen (secondary N) is 1. The van der Waals surface area contributed by atoms with Crippen molar-refractivity contribution in [2.45, 2.75) is 71.3 Å². The van der Waals surface area contributed by atoms with Crippen molar-refractivity contribution >= 4 is 21.8 Å². The van der Waals surface area contributed by atoms with E-state index in [2.05, 4.69) is 36.3 Å². The van der Waals surface area contributed by atoms with Gasteiger partial charge in [0.2, 0.25) is 0 Å². The zero-order valence-corrected chi connectivity index (χ0v) is 22.6. The van der Waals surface area contributed by atoms with Crippen LogP contribution in [-0.2, 0) is 19.9 Å². The number of carbonyl (C=O) groups excluding carboxylic acids is 1. The van der Waals surface area contributed by atoms with E-state index in [4.69, 9.17) is 4.74 Å². The van der Waals surface area contributed by atoms with Crippen molar-refractivity contribution in [2.75, 3.05) is 7.11 Å². The summed E-state index contributed by atoms with van der Waals surface area (Å²) in [5.41, 5.74) is 5.83. The molecule has 8 heteroatoms. The van der Waals surface area contributed by atoms with Gasteiger partial charge in [-0.15, -0.1) is 0 Å². The van der Waals surface area contributed by atoms with Gasteiger partial charge in [-0.05, 0) is 69.2 Å². The summed E-state index contributed by atoms with van der Waals surface area (Å²) in [5.74, 6) is 1.65. The summed E-state index contributed by atoms with van der Waals surface area (Å²) in [4.78, 5) is 21.9. The Labute approximate surface area is 215 Å². The first-order chi connectivity index (χ1) is 16.9. The van der Waals surface area contributed by atoms with E-state index in [0.717, 1.165) is 76.2 Å². The first kappa shape index (κ1) is 25.4. The van der Waals surface area contributed by atoms with Crippen molar-refractivity contribution in [2.24, 2.45) is 7.05 Å². The topological polar surface area (TPSA) is 81.9 Å². The number of aryl methyl sites for hydroxylation is 4. The van der Waals surface area contributed by atoms with Crippen LogP contribution < -0.4 is 10.1 Å². The number of fused-ring (bicyclic) bond motifs is 3. The lowest BCUT2D eigenvalue weighted by atomic mass is 9.95. The van der Waals surface area contributed by atoms with E-state index < -0.39 is 0 Å². The molecule has 35 heavy (non-hydrogen) atoms. The lowest BCUT2D eigenvalue weighted by molar-refractivity contribution is 0.0921. The van der Waals surface area contributed by atoms with E-state index in [1.54, 1.807) is 7.11 Å². The molecule has 186 valence electrons. The minimum absolute atomic E-state index is 0.0296. The van der Waals surface area contributed by atoms with Crippen molar-refractivity contribution < 1.29 is 9.53 Å². The number of halogens is 1. The quantitative estimate of drug-likeness (QED) is 0.474. The molecule has 1 aromatic carbocycles. The molecule has 2 aliphatic carbocycles. The van der Waals surface area contributed by atoms with Crippen LogP contribution in [0.15, 0.2) is 28.9 Å². The Hall–Kier alpha value is -2.74. The highest BCUT2D eigenvalue weighted by molar-refractivity contribution is 9.10. The van der Waals surface area contributed by atoms with Gasteiger partial charge in [0.1, 0.15) is 11.6 Å². The van der Waals surface area contributed by atoms with Crippen LogP contribution in [0.3, 0.4) is 0 Å². The molecule has 1 fully saturated rings. The Morgan fingerprint density at radius 2 is 1.91 bits per heavy atom. The van der Waals surface area contributed by atoms with Crippen LogP contribution in [0.25, 0.3) is 11.4 Å². The van der Waals surface area contributed by atoms with Crippen molar-refractivity contribution in [1.29, 1.82) is 0 Å². The second kappa shape index (κ2) is 11.3. The molecule has 2 heterocycles. The van der Waals surface area contributed by atoms with Crippen LogP contribution in [0.2, 0.25) is 0 Å². The summed E-state index contributed by atoms with van der Waals surface area (Å²) in [5, 5.41) is 7.78. The third-order valence-corrected chi connectivity index (χ3v) is 7.25. The molecule has 0 atom stereocenters. The number of carbonyl (C=O) groups is 1. The molecule has 1 N–H and O–H groups in total. The summed E-state index contributed by atoms with van der Waals surface area (Å²) < 4.78 is 7.97. The molecule has 0 unspecified atom stereocenters.